The molecular formula is C22H31N3O. The molecule has 0 heterocycles. The molecule has 0 unspecified atom stereocenters. The van der Waals surface area contributed by atoms with Gasteiger partial charge < -0.3 is 5.32 Å². The van der Waals surface area contributed by atoms with Gasteiger partial charge >= 0.3 is 0 Å². The summed E-state index contributed by atoms with van der Waals surface area (Å²) in [5.41, 5.74) is 3.69. The van der Waals surface area contributed by atoms with Crippen molar-refractivity contribution in [3.8, 4) is 0 Å². The minimum Gasteiger partial charge on any atom is -0.351 e. The molecule has 1 N–H and O–H groups in total. The van der Waals surface area contributed by atoms with Gasteiger partial charge in [-0.3, -0.25) is 14.6 Å². The summed E-state index contributed by atoms with van der Waals surface area (Å²) in [6.45, 7) is 9.08. The number of likely N-dealkylation sites (N-methyl/N-ethyl adjacent to an activating group) is 1. The maximum Gasteiger partial charge on any atom is 0.234 e. The normalized spacial score (nSPS) is 11.1. The van der Waals surface area contributed by atoms with Crippen LogP contribution in [0.4, 0.5) is 0 Å². The van der Waals surface area contributed by atoms with Gasteiger partial charge in [-0.25, -0.2) is 0 Å². The van der Waals surface area contributed by atoms with Gasteiger partial charge in [-0.05, 0) is 36.8 Å². The molecule has 140 valence electrons. The Hall–Kier alpha value is -2.17. The van der Waals surface area contributed by atoms with E-state index < -0.39 is 0 Å². The fourth-order valence-corrected chi connectivity index (χ4v) is 3.02. The molecule has 0 fully saturated rings. The second-order valence-electron chi connectivity index (χ2n) is 6.66. The molecule has 0 radical (unpaired) electrons. The first-order chi connectivity index (χ1) is 12.6. The smallest absolute Gasteiger partial charge is 0.234 e. The zero-order valence-corrected chi connectivity index (χ0v) is 16.2. The topological polar surface area (TPSA) is 35.6 Å². The molecule has 0 saturated carbocycles. The molecule has 26 heavy (non-hydrogen) atoms. The van der Waals surface area contributed by atoms with E-state index >= 15 is 0 Å². The van der Waals surface area contributed by atoms with Gasteiger partial charge in [-0.15, -0.1) is 0 Å². The Morgan fingerprint density at radius 2 is 1.50 bits per heavy atom. The average Bonchev–Trinajstić information content (AvgIpc) is 2.65. The number of amides is 1. The minimum absolute atomic E-state index is 0.0565. The fraction of sp³-hybridized carbons (Fsp3) is 0.409. The van der Waals surface area contributed by atoms with E-state index in [0.717, 1.165) is 26.2 Å². The minimum atomic E-state index is 0.0565. The number of nitrogens with zero attached hydrogens (tertiary/aromatic N) is 2. The fourth-order valence-electron chi connectivity index (χ4n) is 3.02. The van der Waals surface area contributed by atoms with E-state index in [1.165, 1.54) is 16.7 Å². The van der Waals surface area contributed by atoms with Gasteiger partial charge in [0.1, 0.15) is 0 Å². The number of rotatable bonds is 10. The first-order valence-corrected chi connectivity index (χ1v) is 9.40. The van der Waals surface area contributed by atoms with Crippen molar-refractivity contribution in [1.29, 1.82) is 0 Å². The van der Waals surface area contributed by atoms with E-state index in [1.54, 1.807) is 0 Å². The highest BCUT2D eigenvalue weighted by Crippen LogP contribution is 2.11. The van der Waals surface area contributed by atoms with E-state index in [4.69, 9.17) is 0 Å². The van der Waals surface area contributed by atoms with E-state index in [9.17, 15) is 4.79 Å². The number of carbonyl (C=O) groups is 1. The van der Waals surface area contributed by atoms with Gasteiger partial charge in [-0.1, -0.05) is 68.4 Å². The lowest BCUT2D eigenvalue weighted by atomic mass is 10.1. The molecule has 0 aliphatic rings. The Labute approximate surface area is 157 Å². The van der Waals surface area contributed by atoms with Crippen LogP contribution >= 0.6 is 0 Å². The van der Waals surface area contributed by atoms with Crippen molar-refractivity contribution in [3.63, 3.8) is 0 Å². The van der Waals surface area contributed by atoms with Gasteiger partial charge in [0.2, 0.25) is 5.91 Å². The van der Waals surface area contributed by atoms with Crippen molar-refractivity contribution in [2.75, 3.05) is 26.7 Å². The zero-order valence-electron chi connectivity index (χ0n) is 16.2. The lowest BCUT2D eigenvalue weighted by Gasteiger charge is -2.21. The van der Waals surface area contributed by atoms with Gasteiger partial charge in [-0.2, -0.15) is 0 Å². The Morgan fingerprint density at radius 1 is 0.885 bits per heavy atom. The zero-order chi connectivity index (χ0) is 18.8. The molecule has 1 amide bonds. The number of hydrogen-bond acceptors (Lipinski definition) is 3. The second kappa shape index (κ2) is 10.7. The highest BCUT2D eigenvalue weighted by molar-refractivity contribution is 5.78. The van der Waals surface area contributed by atoms with Gasteiger partial charge in [0.15, 0.2) is 0 Å². The highest BCUT2D eigenvalue weighted by atomic mass is 16.2. The lowest BCUT2D eigenvalue weighted by molar-refractivity contribution is -0.122. The van der Waals surface area contributed by atoms with Crippen molar-refractivity contribution in [3.05, 3.63) is 71.3 Å². The standard InChI is InChI=1S/C22H31N3O/c1-4-25(5-2)17-21-14-10-9-13-20(21)15-23-22(26)18-24(3)16-19-11-7-6-8-12-19/h6-14H,4-5,15-18H2,1-3H3,(H,23,26). The molecule has 0 aliphatic carbocycles. The molecule has 4 heteroatoms. The Morgan fingerprint density at radius 3 is 2.15 bits per heavy atom. The first kappa shape index (κ1) is 20.1. The third kappa shape index (κ3) is 6.62. The van der Waals surface area contributed by atoms with Gasteiger partial charge in [0.05, 0.1) is 6.54 Å². The molecule has 2 aromatic carbocycles. The molecule has 4 nitrogen and oxygen atoms in total. The second-order valence-corrected chi connectivity index (χ2v) is 6.66. The van der Waals surface area contributed by atoms with Crippen LogP contribution in [-0.4, -0.2) is 42.4 Å². The molecule has 0 saturated heterocycles. The number of carbonyl (C=O) groups excluding carboxylic acids is 1. The van der Waals surface area contributed by atoms with Crippen molar-refractivity contribution < 1.29 is 4.79 Å². The first-order valence-electron chi connectivity index (χ1n) is 9.40. The molecule has 0 spiro atoms. The summed E-state index contributed by atoms with van der Waals surface area (Å²) in [6, 6.07) is 18.6. The summed E-state index contributed by atoms with van der Waals surface area (Å²) in [4.78, 5) is 16.7. The van der Waals surface area contributed by atoms with Crippen molar-refractivity contribution in [2.45, 2.75) is 33.5 Å². The van der Waals surface area contributed by atoms with E-state index in [0.29, 0.717) is 13.1 Å². The Bertz CT molecular complexity index is 668. The van der Waals surface area contributed by atoms with Crippen molar-refractivity contribution >= 4 is 5.91 Å². The summed E-state index contributed by atoms with van der Waals surface area (Å²) < 4.78 is 0. The Balaban J connectivity index is 1.85. The average molecular weight is 354 g/mol. The molecule has 0 bridgehead atoms. The van der Waals surface area contributed by atoms with Crippen LogP contribution in [0.25, 0.3) is 0 Å². The van der Waals surface area contributed by atoms with E-state index in [2.05, 4.69) is 54.4 Å². The quantitative estimate of drug-likeness (QED) is 0.712. The number of benzene rings is 2. The predicted octanol–water partition coefficient (Wildman–Crippen LogP) is 3.28. The SMILES string of the molecule is CCN(CC)Cc1ccccc1CNC(=O)CN(C)Cc1ccccc1. The predicted molar refractivity (Wildman–Crippen MR) is 108 cm³/mol. The van der Waals surface area contributed by atoms with Crippen LogP contribution < -0.4 is 5.32 Å². The molecule has 0 aromatic heterocycles. The third-order valence-corrected chi connectivity index (χ3v) is 4.59. The van der Waals surface area contributed by atoms with Gasteiger partial charge in [0.25, 0.3) is 0 Å². The molecule has 2 rings (SSSR count). The van der Waals surface area contributed by atoms with Crippen molar-refractivity contribution in [2.24, 2.45) is 0 Å². The maximum absolute atomic E-state index is 12.3. The van der Waals surface area contributed by atoms with E-state index in [1.807, 2.05) is 36.2 Å². The molecule has 0 aliphatic heterocycles. The summed E-state index contributed by atoms with van der Waals surface area (Å²) >= 11 is 0. The van der Waals surface area contributed by atoms with E-state index in [-0.39, 0.29) is 5.91 Å². The maximum atomic E-state index is 12.3. The third-order valence-electron chi connectivity index (χ3n) is 4.59. The summed E-state index contributed by atoms with van der Waals surface area (Å²) in [5.74, 6) is 0.0565. The molecule has 2 aromatic rings. The van der Waals surface area contributed by atoms with Crippen LogP contribution in [0.5, 0.6) is 0 Å². The molecule has 0 atom stereocenters. The largest absolute Gasteiger partial charge is 0.351 e. The van der Waals surface area contributed by atoms with Crippen LogP contribution in [0.3, 0.4) is 0 Å². The molecular weight excluding hydrogens is 322 g/mol. The van der Waals surface area contributed by atoms with Crippen LogP contribution in [0.2, 0.25) is 0 Å². The monoisotopic (exact) mass is 353 g/mol. The van der Waals surface area contributed by atoms with Gasteiger partial charge in [0, 0.05) is 19.6 Å². The Kier molecular flexibility index (Phi) is 8.32. The van der Waals surface area contributed by atoms with Crippen molar-refractivity contribution in [1.82, 2.24) is 15.1 Å². The number of nitrogens with one attached hydrogen (secondary N) is 1. The summed E-state index contributed by atoms with van der Waals surface area (Å²) in [5, 5.41) is 3.07. The summed E-state index contributed by atoms with van der Waals surface area (Å²) in [7, 11) is 1.97. The van der Waals surface area contributed by atoms with Crippen LogP contribution in [0, 0.1) is 0 Å². The number of hydrogen-bond donors (Lipinski definition) is 1. The van der Waals surface area contributed by atoms with Crippen LogP contribution in [0.1, 0.15) is 30.5 Å². The highest BCUT2D eigenvalue weighted by Gasteiger charge is 2.10. The lowest BCUT2D eigenvalue weighted by Crippen LogP contribution is -2.34. The summed E-state index contributed by atoms with van der Waals surface area (Å²) in [6.07, 6.45) is 0. The van der Waals surface area contributed by atoms with Crippen LogP contribution in [-0.2, 0) is 24.4 Å². The van der Waals surface area contributed by atoms with Crippen LogP contribution in [0.15, 0.2) is 54.6 Å².